The van der Waals surface area contributed by atoms with Crippen LogP contribution in [0, 0.1) is 0 Å². The summed E-state index contributed by atoms with van der Waals surface area (Å²) in [6.07, 6.45) is 14.8. The molecular weight excluding hydrogens is 320 g/mol. The second-order valence-electron chi connectivity index (χ2n) is 5.70. The molecule has 0 saturated heterocycles. The van der Waals surface area contributed by atoms with Crippen LogP contribution >= 0.6 is 0 Å². The number of hydrogen-bond donors (Lipinski definition) is 0. The van der Waals surface area contributed by atoms with Crippen LogP contribution in [0.25, 0.3) is 0 Å². The molecule has 2 aromatic heterocycles. The van der Waals surface area contributed by atoms with Crippen LogP contribution in [0.1, 0.15) is 31.9 Å². The van der Waals surface area contributed by atoms with Crippen LogP contribution in [0.2, 0.25) is 0 Å². The molecule has 0 saturated carbocycles. The molecule has 0 N–H and O–H groups in total. The summed E-state index contributed by atoms with van der Waals surface area (Å²) in [5.41, 5.74) is 3.91. The Morgan fingerprint density at radius 2 is 1.62 bits per heavy atom. The number of allylic oxidation sites excluding steroid dienone is 3. The molecular formula is C22H24N4. The predicted octanol–water partition coefficient (Wildman–Crippen LogP) is 4.81. The third-order valence-corrected chi connectivity index (χ3v) is 3.78. The van der Waals surface area contributed by atoms with E-state index in [-0.39, 0.29) is 6.04 Å². The number of pyridine rings is 2. The lowest BCUT2D eigenvalue weighted by Crippen LogP contribution is -2.10. The molecule has 0 radical (unpaired) electrons. The highest BCUT2D eigenvalue weighted by Crippen LogP contribution is 2.13. The van der Waals surface area contributed by atoms with Crippen molar-refractivity contribution in [3.05, 3.63) is 96.6 Å². The maximum atomic E-state index is 4.87. The lowest BCUT2D eigenvalue weighted by Gasteiger charge is -2.11. The van der Waals surface area contributed by atoms with Crippen LogP contribution in [0.5, 0.6) is 0 Å². The van der Waals surface area contributed by atoms with E-state index in [0.717, 1.165) is 22.4 Å². The molecule has 4 nitrogen and oxygen atoms in total. The Morgan fingerprint density at radius 3 is 2.15 bits per heavy atom. The van der Waals surface area contributed by atoms with Crippen LogP contribution in [-0.2, 0) is 0 Å². The second kappa shape index (κ2) is 9.99. The molecule has 1 atom stereocenters. The number of hydrogen-bond acceptors (Lipinski definition) is 3. The highest BCUT2D eigenvalue weighted by molar-refractivity contribution is 6.11. The van der Waals surface area contributed by atoms with Gasteiger partial charge in [0.1, 0.15) is 0 Å². The zero-order chi connectivity index (χ0) is 18.8. The molecule has 0 aromatic carbocycles. The van der Waals surface area contributed by atoms with Crippen molar-refractivity contribution < 1.29 is 0 Å². The first-order valence-corrected chi connectivity index (χ1v) is 8.55. The van der Waals surface area contributed by atoms with Crippen molar-refractivity contribution in [1.29, 1.82) is 0 Å². The van der Waals surface area contributed by atoms with Gasteiger partial charge in [0.25, 0.3) is 0 Å². The van der Waals surface area contributed by atoms with Gasteiger partial charge in [-0.15, -0.1) is 0 Å². The standard InChI is InChI=1S/C22H24N4/c1-5-7-19(8-6-2)17(3)25-22(21-11-15-24-16-12-21)26-18(4)20-9-13-23-14-10-20/h5-17H,1H2,2-4H3/b8-6-,19-7+,25-22?,26-18?. The van der Waals surface area contributed by atoms with Gasteiger partial charge in [0.15, 0.2) is 5.84 Å². The van der Waals surface area contributed by atoms with Crippen molar-refractivity contribution in [1.82, 2.24) is 9.97 Å². The average Bonchev–Trinajstić information content (AvgIpc) is 2.68. The summed E-state index contributed by atoms with van der Waals surface area (Å²) in [6, 6.07) is 7.66. The molecule has 0 aliphatic heterocycles. The molecule has 0 aliphatic rings. The van der Waals surface area contributed by atoms with E-state index in [1.807, 2.05) is 63.3 Å². The lowest BCUT2D eigenvalue weighted by molar-refractivity contribution is 0.883. The molecule has 0 bridgehead atoms. The summed E-state index contributed by atoms with van der Waals surface area (Å²) in [5, 5.41) is 0. The molecule has 4 heteroatoms. The Labute approximate surface area is 155 Å². The fraction of sp³-hybridized carbons (Fsp3) is 0.182. The highest BCUT2D eigenvalue weighted by atomic mass is 14.9. The first kappa shape index (κ1) is 19.2. The lowest BCUT2D eigenvalue weighted by atomic mass is 10.1. The second-order valence-corrected chi connectivity index (χ2v) is 5.70. The number of nitrogens with zero attached hydrogens (tertiary/aromatic N) is 4. The minimum absolute atomic E-state index is 0.0543. The summed E-state index contributed by atoms with van der Waals surface area (Å²) >= 11 is 0. The molecule has 0 aliphatic carbocycles. The van der Waals surface area contributed by atoms with E-state index in [1.54, 1.807) is 30.9 Å². The summed E-state index contributed by atoms with van der Waals surface area (Å²) < 4.78 is 0. The Morgan fingerprint density at radius 1 is 1.04 bits per heavy atom. The van der Waals surface area contributed by atoms with E-state index in [2.05, 4.69) is 16.5 Å². The Hall–Kier alpha value is -3.14. The van der Waals surface area contributed by atoms with E-state index in [1.165, 1.54) is 0 Å². The fourth-order valence-electron chi connectivity index (χ4n) is 2.41. The Bertz CT molecular complexity index is 831. The smallest absolute Gasteiger partial charge is 0.155 e. The average molecular weight is 344 g/mol. The molecule has 2 aromatic rings. The van der Waals surface area contributed by atoms with Crippen molar-refractivity contribution in [2.45, 2.75) is 26.8 Å². The van der Waals surface area contributed by atoms with E-state index in [4.69, 9.17) is 9.98 Å². The first-order valence-electron chi connectivity index (χ1n) is 8.55. The van der Waals surface area contributed by atoms with Gasteiger partial charge in [-0.2, -0.15) is 0 Å². The minimum atomic E-state index is -0.0543. The molecule has 1 unspecified atom stereocenters. The largest absolute Gasteiger partial charge is 0.265 e. The zero-order valence-electron chi connectivity index (χ0n) is 15.5. The zero-order valence-corrected chi connectivity index (χ0v) is 15.5. The molecule has 132 valence electrons. The summed E-state index contributed by atoms with van der Waals surface area (Å²) in [6.45, 7) is 9.80. The van der Waals surface area contributed by atoms with Crippen LogP contribution in [-0.4, -0.2) is 27.6 Å². The molecule has 26 heavy (non-hydrogen) atoms. The maximum Gasteiger partial charge on any atom is 0.155 e. The van der Waals surface area contributed by atoms with Crippen molar-refractivity contribution in [3.8, 4) is 0 Å². The predicted molar refractivity (Wildman–Crippen MR) is 110 cm³/mol. The topological polar surface area (TPSA) is 50.5 Å². The van der Waals surface area contributed by atoms with E-state index in [9.17, 15) is 0 Å². The molecule has 2 heterocycles. The third-order valence-electron chi connectivity index (χ3n) is 3.78. The van der Waals surface area contributed by atoms with E-state index < -0.39 is 0 Å². The van der Waals surface area contributed by atoms with Crippen LogP contribution in [0.15, 0.2) is 95.5 Å². The van der Waals surface area contributed by atoms with Gasteiger partial charge in [0.05, 0.1) is 6.04 Å². The van der Waals surface area contributed by atoms with Crippen molar-refractivity contribution in [2.24, 2.45) is 9.98 Å². The number of amidine groups is 1. The molecule has 0 spiro atoms. The van der Waals surface area contributed by atoms with Crippen LogP contribution < -0.4 is 0 Å². The normalized spacial score (nSPS) is 14.5. The van der Waals surface area contributed by atoms with Gasteiger partial charge in [-0.3, -0.25) is 15.0 Å². The van der Waals surface area contributed by atoms with E-state index in [0.29, 0.717) is 5.84 Å². The molecule has 2 rings (SSSR count). The van der Waals surface area contributed by atoms with E-state index >= 15 is 0 Å². The Kier molecular flexibility index (Phi) is 7.37. The summed E-state index contributed by atoms with van der Waals surface area (Å²) in [7, 11) is 0. The summed E-state index contributed by atoms with van der Waals surface area (Å²) in [5.74, 6) is 0.675. The third kappa shape index (κ3) is 5.45. The van der Waals surface area contributed by atoms with Gasteiger partial charge in [-0.25, -0.2) is 4.99 Å². The van der Waals surface area contributed by atoms with Crippen molar-refractivity contribution >= 4 is 11.5 Å². The maximum absolute atomic E-state index is 4.87. The number of aliphatic imine (C=N–C) groups is 2. The summed E-state index contributed by atoms with van der Waals surface area (Å²) in [4.78, 5) is 17.8. The SMILES string of the molecule is C=C/C=C(\C=C/C)C(C)N=C(N=C(C)c1ccncc1)c1ccncc1. The van der Waals surface area contributed by atoms with Gasteiger partial charge >= 0.3 is 0 Å². The van der Waals surface area contributed by atoms with Gasteiger partial charge in [0, 0.05) is 36.1 Å². The number of aromatic nitrogens is 2. The number of rotatable bonds is 6. The first-order chi connectivity index (χ1) is 12.7. The fourth-order valence-corrected chi connectivity index (χ4v) is 2.41. The van der Waals surface area contributed by atoms with Crippen molar-refractivity contribution in [2.75, 3.05) is 0 Å². The van der Waals surface area contributed by atoms with Crippen LogP contribution in [0.4, 0.5) is 0 Å². The van der Waals surface area contributed by atoms with Gasteiger partial charge in [-0.05, 0) is 56.2 Å². The highest BCUT2D eigenvalue weighted by Gasteiger charge is 2.09. The molecule has 0 amide bonds. The van der Waals surface area contributed by atoms with Gasteiger partial charge in [0.2, 0.25) is 0 Å². The minimum Gasteiger partial charge on any atom is -0.265 e. The quantitative estimate of drug-likeness (QED) is 0.429. The molecule has 0 fully saturated rings. The monoisotopic (exact) mass is 344 g/mol. The van der Waals surface area contributed by atoms with Crippen LogP contribution in [0.3, 0.4) is 0 Å². The van der Waals surface area contributed by atoms with Gasteiger partial charge in [-0.1, -0.05) is 30.9 Å². The Balaban J connectivity index is 2.48. The van der Waals surface area contributed by atoms with Gasteiger partial charge < -0.3 is 0 Å². The van der Waals surface area contributed by atoms with Crippen molar-refractivity contribution in [3.63, 3.8) is 0 Å².